The molecule has 0 atom stereocenters. The van der Waals surface area contributed by atoms with Crippen molar-refractivity contribution in [2.45, 2.75) is 5.41 Å². The second-order valence-electron chi connectivity index (χ2n) is 14.7. The van der Waals surface area contributed by atoms with E-state index in [9.17, 15) is 0 Å². The third-order valence-electron chi connectivity index (χ3n) is 12.0. The molecule has 2 aliphatic rings. The Bertz CT molecular complexity index is 3440. The van der Waals surface area contributed by atoms with E-state index in [1.165, 1.54) is 57.9 Å². The van der Waals surface area contributed by atoms with E-state index < -0.39 is 5.41 Å². The molecule has 0 radical (unpaired) electrons. The molecule has 0 fully saturated rings. The van der Waals surface area contributed by atoms with Gasteiger partial charge in [-0.05, 0) is 63.4 Å². The highest BCUT2D eigenvalue weighted by Gasteiger charge is 2.52. The number of para-hydroxylation sites is 2. The van der Waals surface area contributed by atoms with Crippen LogP contribution in [0.15, 0.2) is 170 Å². The fraction of sp³-hybridized carbons (Fsp3) is 0.0196. The van der Waals surface area contributed by atoms with Crippen LogP contribution in [0.3, 0.4) is 0 Å². The summed E-state index contributed by atoms with van der Waals surface area (Å²) in [6.45, 7) is 0. The summed E-state index contributed by atoms with van der Waals surface area (Å²) in [4.78, 5) is 11.2. The molecule has 0 bridgehead atoms. The molecule has 0 N–H and O–H groups in total. The lowest BCUT2D eigenvalue weighted by molar-refractivity contribution is 0.436. The van der Waals surface area contributed by atoms with Crippen LogP contribution in [0, 0.1) is 0 Å². The van der Waals surface area contributed by atoms with Crippen molar-refractivity contribution in [1.82, 2.24) is 9.97 Å². The first-order valence-electron chi connectivity index (χ1n) is 18.9. The van der Waals surface area contributed by atoms with Crippen LogP contribution in [0.25, 0.3) is 85.0 Å². The van der Waals surface area contributed by atoms with Crippen molar-refractivity contribution in [3.8, 4) is 45.3 Å². The Morgan fingerprint density at radius 2 is 1.04 bits per heavy atom. The zero-order valence-electron chi connectivity index (χ0n) is 29.8. The minimum atomic E-state index is -0.605. The van der Waals surface area contributed by atoms with E-state index in [0.717, 1.165) is 60.9 Å². The van der Waals surface area contributed by atoms with Gasteiger partial charge in [0.05, 0.1) is 21.3 Å². The third-order valence-corrected chi connectivity index (χ3v) is 14.3. The fourth-order valence-electron chi connectivity index (χ4n) is 9.76. The van der Waals surface area contributed by atoms with Crippen molar-refractivity contribution in [1.29, 1.82) is 0 Å². The summed E-state index contributed by atoms with van der Waals surface area (Å²) >= 11 is 3.61. The Morgan fingerprint density at radius 3 is 1.86 bits per heavy atom. The van der Waals surface area contributed by atoms with Crippen molar-refractivity contribution in [2.24, 2.45) is 0 Å². The number of aromatic nitrogens is 2. The van der Waals surface area contributed by atoms with E-state index in [4.69, 9.17) is 14.7 Å². The van der Waals surface area contributed by atoms with Gasteiger partial charge in [0.1, 0.15) is 11.5 Å². The lowest BCUT2D eigenvalue weighted by atomic mass is 9.66. The molecule has 0 saturated carbocycles. The Kier molecular flexibility index (Phi) is 6.13. The summed E-state index contributed by atoms with van der Waals surface area (Å²) in [5, 5.41) is 6.05. The van der Waals surface area contributed by atoms with Crippen LogP contribution < -0.4 is 4.74 Å². The first-order valence-corrected chi connectivity index (χ1v) is 20.5. The van der Waals surface area contributed by atoms with Crippen LogP contribution in [0.1, 0.15) is 22.3 Å². The highest BCUT2D eigenvalue weighted by atomic mass is 32.1. The molecule has 0 unspecified atom stereocenters. The molecule has 3 nitrogen and oxygen atoms in total. The largest absolute Gasteiger partial charge is 0.457 e. The highest BCUT2D eigenvalue weighted by molar-refractivity contribution is 7.26. The van der Waals surface area contributed by atoms with Crippen molar-refractivity contribution >= 4 is 73.9 Å². The van der Waals surface area contributed by atoms with Gasteiger partial charge in [-0.2, -0.15) is 0 Å². The number of thiophene rings is 2. The molecule has 4 heterocycles. The second-order valence-corrected chi connectivity index (χ2v) is 16.9. The van der Waals surface area contributed by atoms with Crippen LogP contribution >= 0.6 is 22.7 Å². The van der Waals surface area contributed by atoms with E-state index in [1.807, 2.05) is 11.3 Å². The molecule has 13 rings (SSSR count). The van der Waals surface area contributed by atoms with Gasteiger partial charge >= 0.3 is 0 Å². The van der Waals surface area contributed by atoms with Gasteiger partial charge < -0.3 is 4.74 Å². The Labute approximate surface area is 329 Å². The van der Waals surface area contributed by atoms with Crippen molar-refractivity contribution in [3.05, 3.63) is 192 Å². The Morgan fingerprint density at radius 1 is 0.429 bits per heavy atom. The molecule has 1 aliphatic carbocycles. The molecule has 3 aromatic heterocycles. The maximum atomic E-state index is 6.69. The van der Waals surface area contributed by atoms with Gasteiger partial charge in [-0.15, -0.1) is 22.7 Å². The predicted molar refractivity (Wildman–Crippen MR) is 234 cm³/mol. The van der Waals surface area contributed by atoms with Gasteiger partial charge in [0, 0.05) is 52.5 Å². The van der Waals surface area contributed by atoms with Crippen molar-refractivity contribution in [2.75, 3.05) is 0 Å². The Balaban J connectivity index is 1.20. The summed E-state index contributed by atoms with van der Waals surface area (Å²) in [5.74, 6) is 2.52. The summed E-state index contributed by atoms with van der Waals surface area (Å²) in [5.41, 5.74) is 10.8. The van der Waals surface area contributed by atoms with E-state index >= 15 is 0 Å². The first kappa shape index (κ1) is 30.6. The van der Waals surface area contributed by atoms with Gasteiger partial charge in [-0.1, -0.05) is 140 Å². The van der Waals surface area contributed by atoms with E-state index in [-0.39, 0.29) is 0 Å². The standard InChI is InChI=1S/C51H28N2OS2/c1-2-14-30-29(13-1)27-28-38-45(30)46-33(17-11-21-37(46)51(38)35-19-5-7-22-39(35)54-40-23-8-6-20-36(40)51)48-49-47(32-16-4-10-25-42(32)56-49)52-50(53-48)34-18-12-26-43-44(34)31-15-3-9-24-41(31)55-43/h1-28H. The van der Waals surface area contributed by atoms with E-state index in [2.05, 4.69) is 170 Å². The third kappa shape index (κ3) is 3.91. The molecule has 1 spiro atoms. The van der Waals surface area contributed by atoms with E-state index in [1.54, 1.807) is 11.3 Å². The van der Waals surface area contributed by atoms with Crippen LogP contribution in [0.2, 0.25) is 0 Å². The van der Waals surface area contributed by atoms with Crippen molar-refractivity contribution < 1.29 is 4.74 Å². The van der Waals surface area contributed by atoms with Gasteiger partial charge in [-0.3, -0.25) is 0 Å². The quantitative estimate of drug-likeness (QED) is 0.177. The summed E-state index contributed by atoms with van der Waals surface area (Å²) in [6.07, 6.45) is 0. The second kappa shape index (κ2) is 11.2. The smallest absolute Gasteiger partial charge is 0.161 e. The lowest BCUT2D eigenvalue weighted by Crippen LogP contribution is -2.32. The normalized spacial score (nSPS) is 13.6. The highest BCUT2D eigenvalue weighted by Crippen LogP contribution is 2.64. The monoisotopic (exact) mass is 748 g/mol. The molecular formula is C51H28N2OS2. The Hall–Kier alpha value is -6.66. The number of rotatable bonds is 2. The average molecular weight is 749 g/mol. The molecule has 5 heteroatoms. The maximum Gasteiger partial charge on any atom is 0.161 e. The summed E-state index contributed by atoms with van der Waals surface area (Å²) in [7, 11) is 0. The summed E-state index contributed by atoms with van der Waals surface area (Å²) < 4.78 is 11.5. The lowest BCUT2D eigenvalue weighted by Gasteiger charge is -2.39. The number of hydrogen-bond donors (Lipinski definition) is 0. The van der Waals surface area contributed by atoms with Crippen LogP contribution in [-0.4, -0.2) is 9.97 Å². The van der Waals surface area contributed by atoms with Gasteiger partial charge in [0.25, 0.3) is 0 Å². The topological polar surface area (TPSA) is 35.0 Å². The van der Waals surface area contributed by atoms with Gasteiger partial charge in [-0.25, -0.2) is 9.97 Å². The molecule has 11 aromatic rings. The van der Waals surface area contributed by atoms with Crippen LogP contribution in [-0.2, 0) is 5.41 Å². The first-order chi connectivity index (χ1) is 27.8. The number of nitrogens with zero attached hydrogens (tertiary/aromatic N) is 2. The number of ether oxygens (including phenoxy) is 1. The fourth-order valence-corrected chi connectivity index (χ4v) is 12.0. The molecule has 1 aliphatic heterocycles. The minimum absolute atomic E-state index is 0.605. The van der Waals surface area contributed by atoms with Crippen LogP contribution in [0.4, 0.5) is 0 Å². The number of benzene rings is 8. The molecule has 8 aromatic carbocycles. The van der Waals surface area contributed by atoms with Crippen LogP contribution in [0.5, 0.6) is 11.5 Å². The molecular weight excluding hydrogens is 721 g/mol. The molecule has 56 heavy (non-hydrogen) atoms. The SMILES string of the molecule is c1ccc2c(c1)Oc1ccccc1C21c2cccc(-c3nc(-c4cccc5sc6ccccc6c45)nc4c3sc3ccccc34)c2-c2c1ccc1ccccc21. The summed E-state index contributed by atoms with van der Waals surface area (Å²) in [6, 6.07) is 61.4. The zero-order chi connectivity index (χ0) is 36.5. The van der Waals surface area contributed by atoms with E-state index in [0.29, 0.717) is 0 Å². The molecule has 0 amide bonds. The van der Waals surface area contributed by atoms with Crippen molar-refractivity contribution in [3.63, 3.8) is 0 Å². The van der Waals surface area contributed by atoms with Gasteiger partial charge in [0.15, 0.2) is 5.82 Å². The molecule has 0 saturated heterocycles. The molecule has 260 valence electrons. The number of hydrogen-bond acceptors (Lipinski definition) is 5. The maximum absolute atomic E-state index is 6.69. The zero-order valence-corrected chi connectivity index (χ0v) is 31.4. The number of fused-ring (bicyclic) bond motifs is 17. The van der Waals surface area contributed by atoms with Gasteiger partial charge in [0.2, 0.25) is 0 Å². The average Bonchev–Trinajstić information content (AvgIpc) is 3.92. The minimum Gasteiger partial charge on any atom is -0.457 e. The predicted octanol–water partition coefficient (Wildman–Crippen LogP) is 14.2.